The van der Waals surface area contributed by atoms with Crippen LogP contribution in [0.3, 0.4) is 0 Å². The van der Waals surface area contributed by atoms with Gasteiger partial charge in [-0.1, -0.05) is 27.7 Å². The zero-order valence-electron chi connectivity index (χ0n) is 9.85. The topological polar surface area (TPSA) is 73.1 Å². The van der Waals surface area contributed by atoms with Crippen LogP contribution >= 0.6 is 27.7 Å². The molecule has 0 radical (unpaired) electrons. The number of halogens is 2. The Labute approximate surface area is 121 Å². The second kappa shape index (κ2) is 6.18. The summed E-state index contributed by atoms with van der Waals surface area (Å²) in [6.45, 7) is 0. The molecule has 0 amide bonds. The molecule has 8 heteroatoms. The number of hydrogen-bond donors (Lipinski definition) is 2. The minimum absolute atomic E-state index is 0.0805. The average Bonchev–Trinajstić information content (AvgIpc) is 2.41. The fourth-order valence-electron chi connectivity index (χ4n) is 1.29. The predicted molar refractivity (Wildman–Crippen MR) is 75.8 cm³/mol. The van der Waals surface area contributed by atoms with Crippen molar-refractivity contribution in [1.82, 2.24) is 9.97 Å². The number of benzene rings is 1. The van der Waals surface area contributed by atoms with Crippen LogP contribution in [0, 0.1) is 5.82 Å². The van der Waals surface area contributed by atoms with Crippen LogP contribution in [0.1, 0.15) is 0 Å². The van der Waals surface area contributed by atoms with Gasteiger partial charge in [0.15, 0.2) is 16.7 Å². The summed E-state index contributed by atoms with van der Waals surface area (Å²) in [5, 5.41) is 0.475. The molecule has 0 unspecified atom stereocenters. The van der Waals surface area contributed by atoms with Crippen molar-refractivity contribution in [3.63, 3.8) is 0 Å². The highest BCUT2D eigenvalue weighted by atomic mass is 79.9. The van der Waals surface area contributed by atoms with Crippen LogP contribution in [0.4, 0.5) is 10.2 Å². The molecule has 0 saturated carbocycles. The molecule has 0 fully saturated rings. The molecule has 0 aliphatic carbocycles. The van der Waals surface area contributed by atoms with Crippen molar-refractivity contribution in [2.45, 2.75) is 5.16 Å². The molecule has 1 aromatic carbocycles. The first-order valence-corrected chi connectivity index (χ1v) is 7.16. The van der Waals surface area contributed by atoms with Crippen LogP contribution in [0.15, 0.2) is 33.9 Å². The van der Waals surface area contributed by atoms with Crippen LogP contribution < -0.4 is 16.0 Å². The molecule has 2 aromatic rings. The van der Waals surface area contributed by atoms with E-state index in [0.29, 0.717) is 15.4 Å². The van der Waals surface area contributed by atoms with E-state index in [4.69, 9.17) is 10.6 Å². The van der Waals surface area contributed by atoms with E-state index in [9.17, 15) is 4.39 Å². The Kier molecular flexibility index (Phi) is 4.56. The van der Waals surface area contributed by atoms with Crippen LogP contribution in [-0.4, -0.2) is 16.2 Å². The maximum atomic E-state index is 13.7. The molecule has 5 nitrogen and oxygen atoms in total. The fourth-order valence-corrected chi connectivity index (χ4v) is 2.00. The van der Waals surface area contributed by atoms with Gasteiger partial charge in [0, 0.05) is 10.5 Å². The van der Waals surface area contributed by atoms with Gasteiger partial charge in [-0.3, -0.25) is 0 Å². The van der Waals surface area contributed by atoms with Crippen molar-refractivity contribution in [1.29, 1.82) is 0 Å². The molecule has 0 aliphatic heterocycles. The van der Waals surface area contributed by atoms with E-state index >= 15 is 0 Å². The van der Waals surface area contributed by atoms with Gasteiger partial charge in [-0.2, -0.15) is 4.98 Å². The van der Waals surface area contributed by atoms with Gasteiger partial charge in [-0.15, -0.1) is 0 Å². The van der Waals surface area contributed by atoms with Crippen molar-refractivity contribution in [3.8, 4) is 11.6 Å². The fraction of sp³-hybridized carbons (Fsp3) is 0.0909. The highest BCUT2D eigenvalue weighted by molar-refractivity contribution is 9.10. The molecule has 3 N–H and O–H groups in total. The Morgan fingerprint density at radius 2 is 2.16 bits per heavy atom. The molecule has 100 valence electrons. The van der Waals surface area contributed by atoms with E-state index in [1.165, 1.54) is 30.0 Å². The lowest BCUT2D eigenvalue weighted by atomic mass is 10.3. The summed E-state index contributed by atoms with van der Waals surface area (Å²) in [4.78, 5) is 8.20. The number of nitrogens with zero attached hydrogens (tertiary/aromatic N) is 2. The van der Waals surface area contributed by atoms with Crippen LogP contribution in [-0.2, 0) is 0 Å². The summed E-state index contributed by atoms with van der Waals surface area (Å²) >= 11 is 4.51. The van der Waals surface area contributed by atoms with Crippen molar-refractivity contribution in [2.75, 3.05) is 11.7 Å². The van der Waals surface area contributed by atoms with Crippen LogP contribution in [0.25, 0.3) is 0 Å². The van der Waals surface area contributed by atoms with Gasteiger partial charge in [0.25, 0.3) is 0 Å². The minimum atomic E-state index is -0.485. The van der Waals surface area contributed by atoms with Gasteiger partial charge in [0.2, 0.25) is 5.88 Å². The number of hydrazine groups is 1. The molecule has 0 spiro atoms. The van der Waals surface area contributed by atoms with Gasteiger partial charge in [-0.05, 0) is 24.5 Å². The predicted octanol–water partition coefficient (Wildman–Crippen LogP) is 3.18. The Morgan fingerprint density at radius 3 is 2.79 bits per heavy atom. The van der Waals surface area contributed by atoms with Crippen molar-refractivity contribution < 1.29 is 9.13 Å². The number of aromatic nitrogens is 2. The lowest BCUT2D eigenvalue weighted by Gasteiger charge is -2.08. The van der Waals surface area contributed by atoms with Crippen LogP contribution in [0.2, 0.25) is 0 Å². The first kappa shape index (κ1) is 14.0. The number of hydrogen-bond acceptors (Lipinski definition) is 6. The van der Waals surface area contributed by atoms with E-state index in [-0.39, 0.29) is 11.6 Å². The number of nitrogens with one attached hydrogen (secondary N) is 1. The third-order valence-electron chi connectivity index (χ3n) is 2.12. The number of ether oxygens (including phenoxy) is 1. The molecular weight excluding hydrogens is 335 g/mol. The summed E-state index contributed by atoms with van der Waals surface area (Å²) in [7, 11) is 0. The van der Waals surface area contributed by atoms with Gasteiger partial charge in [-0.25, -0.2) is 15.2 Å². The first-order chi connectivity index (χ1) is 9.12. The smallest absolute Gasteiger partial charge is 0.225 e. The quantitative estimate of drug-likeness (QED) is 0.384. The maximum absolute atomic E-state index is 13.7. The first-order valence-electron chi connectivity index (χ1n) is 5.15. The van der Waals surface area contributed by atoms with Gasteiger partial charge < -0.3 is 10.2 Å². The van der Waals surface area contributed by atoms with Gasteiger partial charge in [0.1, 0.15) is 5.82 Å². The second-order valence-corrected chi connectivity index (χ2v) is 5.09. The summed E-state index contributed by atoms with van der Waals surface area (Å²) < 4.78 is 19.7. The van der Waals surface area contributed by atoms with E-state index in [1.54, 1.807) is 6.07 Å². The highest BCUT2D eigenvalue weighted by Gasteiger charge is 2.09. The molecule has 1 aromatic heterocycles. The zero-order chi connectivity index (χ0) is 13.8. The summed E-state index contributed by atoms with van der Waals surface area (Å²) in [5.74, 6) is 5.51. The third kappa shape index (κ3) is 3.55. The van der Waals surface area contributed by atoms with Crippen molar-refractivity contribution in [2.24, 2.45) is 5.84 Å². The average molecular weight is 345 g/mol. The van der Waals surface area contributed by atoms with E-state index in [0.717, 1.165) is 0 Å². The Balaban J connectivity index is 2.31. The number of nitrogen functional groups attached to an aromatic ring is 1. The lowest BCUT2D eigenvalue weighted by Crippen LogP contribution is -2.09. The number of anilines is 1. The Morgan fingerprint density at radius 1 is 1.37 bits per heavy atom. The lowest BCUT2D eigenvalue weighted by molar-refractivity contribution is 0.422. The van der Waals surface area contributed by atoms with E-state index < -0.39 is 5.82 Å². The van der Waals surface area contributed by atoms with Crippen LogP contribution in [0.5, 0.6) is 11.6 Å². The molecule has 0 saturated heterocycles. The molecule has 19 heavy (non-hydrogen) atoms. The Hall–Kier alpha value is -1.38. The van der Waals surface area contributed by atoms with Crippen molar-refractivity contribution in [3.05, 3.63) is 34.6 Å². The second-order valence-electron chi connectivity index (χ2n) is 3.40. The third-order valence-corrected chi connectivity index (χ3v) is 3.16. The summed E-state index contributed by atoms with van der Waals surface area (Å²) in [6.07, 6.45) is 1.82. The van der Waals surface area contributed by atoms with Gasteiger partial charge >= 0.3 is 0 Å². The standard InChI is InChI=1S/C11H10BrFN4OS/c1-19-11-15-9(17-14)5-10(16-11)18-8-3-2-6(12)4-7(8)13/h2-5H,14H2,1H3,(H,15,16,17). The summed E-state index contributed by atoms with van der Waals surface area (Å²) in [5.41, 5.74) is 2.41. The molecule has 0 aliphatic rings. The maximum Gasteiger partial charge on any atom is 0.225 e. The number of rotatable bonds is 4. The summed E-state index contributed by atoms with van der Waals surface area (Å²) in [6, 6.07) is 5.99. The molecule has 0 atom stereocenters. The monoisotopic (exact) mass is 344 g/mol. The van der Waals surface area contributed by atoms with E-state index in [2.05, 4.69) is 31.3 Å². The minimum Gasteiger partial charge on any atom is -0.436 e. The Bertz CT molecular complexity index is 577. The van der Waals surface area contributed by atoms with Crippen molar-refractivity contribution >= 4 is 33.5 Å². The van der Waals surface area contributed by atoms with Gasteiger partial charge in [0.05, 0.1) is 0 Å². The molecule has 2 rings (SSSR count). The number of nitrogens with two attached hydrogens (primary N) is 1. The normalized spacial score (nSPS) is 10.3. The largest absolute Gasteiger partial charge is 0.436 e. The molecule has 0 bridgehead atoms. The highest BCUT2D eigenvalue weighted by Crippen LogP contribution is 2.27. The SMILES string of the molecule is CSc1nc(NN)cc(Oc2ccc(Br)cc2F)n1. The molecular formula is C11H10BrFN4OS. The number of thioether (sulfide) groups is 1. The molecule has 1 heterocycles. The van der Waals surface area contributed by atoms with E-state index in [1.807, 2.05) is 6.26 Å². The zero-order valence-corrected chi connectivity index (χ0v) is 12.3.